The van der Waals surface area contributed by atoms with E-state index in [1.165, 1.54) is 17.4 Å². The van der Waals surface area contributed by atoms with Crippen molar-refractivity contribution in [1.29, 1.82) is 0 Å². The molecule has 2 aromatic carbocycles. The number of amides is 1. The Kier molecular flexibility index (Phi) is 6.15. The van der Waals surface area contributed by atoms with Gasteiger partial charge in [-0.2, -0.15) is 0 Å². The third-order valence-corrected chi connectivity index (χ3v) is 5.52. The Hall–Kier alpha value is -2.71. The summed E-state index contributed by atoms with van der Waals surface area (Å²) in [4.78, 5) is 16.6. The highest BCUT2D eigenvalue weighted by molar-refractivity contribution is 7.80. The maximum absolute atomic E-state index is 12.1. The van der Waals surface area contributed by atoms with Crippen LogP contribution < -0.4 is 10.6 Å². The SMILES string of the molecule is O=C(/C=C/c1ccc(-c2cc(Cl)cc(Cl)c2)o1)NC(=S)Nc1nc2ccccc2s1. The highest BCUT2D eigenvalue weighted by Crippen LogP contribution is 2.29. The molecule has 0 fully saturated rings. The van der Waals surface area contributed by atoms with E-state index in [9.17, 15) is 4.79 Å². The number of carbonyl (C=O) groups excluding carboxylic acids is 1. The lowest BCUT2D eigenvalue weighted by atomic mass is 10.2. The molecule has 0 atom stereocenters. The van der Waals surface area contributed by atoms with Gasteiger partial charge in [-0.15, -0.1) is 0 Å². The Labute approximate surface area is 191 Å². The zero-order chi connectivity index (χ0) is 21.1. The topological polar surface area (TPSA) is 67.2 Å². The molecule has 150 valence electrons. The second-order valence-electron chi connectivity index (χ2n) is 6.12. The van der Waals surface area contributed by atoms with E-state index < -0.39 is 5.91 Å². The van der Waals surface area contributed by atoms with Gasteiger partial charge in [0.15, 0.2) is 10.2 Å². The van der Waals surface area contributed by atoms with Crippen LogP contribution in [-0.2, 0) is 4.79 Å². The molecule has 2 heterocycles. The molecular formula is C21H13Cl2N3O2S2. The first kappa shape index (κ1) is 20.6. The van der Waals surface area contributed by atoms with Crippen LogP contribution in [0.25, 0.3) is 27.6 Å². The molecule has 30 heavy (non-hydrogen) atoms. The van der Waals surface area contributed by atoms with Crippen molar-refractivity contribution in [3.63, 3.8) is 0 Å². The van der Waals surface area contributed by atoms with Crippen LogP contribution in [0.4, 0.5) is 5.13 Å². The van der Waals surface area contributed by atoms with Crippen LogP contribution in [-0.4, -0.2) is 16.0 Å². The van der Waals surface area contributed by atoms with Crippen molar-refractivity contribution < 1.29 is 9.21 Å². The number of furan rings is 1. The van der Waals surface area contributed by atoms with Crippen molar-refractivity contribution in [1.82, 2.24) is 10.3 Å². The van der Waals surface area contributed by atoms with Gasteiger partial charge in [-0.1, -0.05) is 46.7 Å². The van der Waals surface area contributed by atoms with Crippen molar-refractivity contribution >= 4 is 79.2 Å². The number of hydrogen-bond acceptors (Lipinski definition) is 5. The largest absolute Gasteiger partial charge is 0.457 e. The number of thiazole rings is 1. The lowest BCUT2D eigenvalue weighted by Crippen LogP contribution is -2.32. The Bertz CT molecular complexity index is 1230. The van der Waals surface area contributed by atoms with E-state index in [-0.39, 0.29) is 5.11 Å². The number of anilines is 1. The average molecular weight is 474 g/mol. The van der Waals surface area contributed by atoms with Crippen molar-refractivity contribution in [2.75, 3.05) is 5.32 Å². The zero-order valence-corrected chi connectivity index (χ0v) is 18.3. The van der Waals surface area contributed by atoms with E-state index in [1.807, 2.05) is 24.3 Å². The summed E-state index contributed by atoms with van der Waals surface area (Å²) < 4.78 is 6.75. The first-order valence-electron chi connectivity index (χ1n) is 8.68. The summed E-state index contributed by atoms with van der Waals surface area (Å²) in [5, 5.41) is 7.31. The molecule has 5 nitrogen and oxygen atoms in total. The number of aromatic nitrogens is 1. The summed E-state index contributed by atoms with van der Waals surface area (Å²) >= 11 is 18.7. The number of halogens is 2. The molecular weight excluding hydrogens is 461 g/mol. The first-order valence-corrected chi connectivity index (χ1v) is 10.7. The van der Waals surface area contributed by atoms with Crippen molar-refractivity contribution in [2.45, 2.75) is 0 Å². The minimum absolute atomic E-state index is 0.164. The predicted octanol–water partition coefficient (Wildman–Crippen LogP) is 6.39. The van der Waals surface area contributed by atoms with Crippen molar-refractivity contribution in [3.05, 3.63) is 76.5 Å². The number of hydrogen-bond donors (Lipinski definition) is 2. The van der Waals surface area contributed by atoms with Gasteiger partial charge in [0.05, 0.1) is 10.2 Å². The zero-order valence-electron chi connectivity index (χ0n) is 15.2. The van der Waals surface area contributed by atoms with Crippen LogP contribution in [0.1, 0.15) is 5.76 Å². The van der Waals surface area contributed by atoms with E-state index in [0.717, 1.165) is 15.8 Å². The molecule has 2 N–H and O–H groups in total. The second-order valence-corrected chi connectivity index (χ2v) is 8.44. The summed E-state index contributed by atoms with van der Waals surface area (Å²) in [7, 11) is 0. The quantitative estimate of drug-likeness (QED) is 0.265. The minimum Gasteiger partial charge on any atom is -0.457 e. The lowest BCUT2D eigenvalue weighted by molar-refractivity contribution is -0.115. The number of benzene rings is 2. The van der Waals surface area contributed by atoms with Crippen LogP contribution in [0.2, 0.25) is 10.0 Å². The van der Waals surface area contributed by atoms with Gasteiger partial charge in [0.1, 0.15) is 11.5 Å². The van der Waals surface area contributed by atoms with Crippen molar-refractivity contribution in [3.8, 4) is 11.3 Å². The molecule has 0 unspecified atom stereocenters. The van der Waals surface area contributed by atoms with E-state index in [0.29, 0.717) is 26.7 Å². The molecule has 1 amide bonds. The fraction of sp³-hybridized carbons (Fsp3) is 0. The summed E-state index contributed by atoms with van der Waals surface area (Å²) in [5.41, 5.74) is 1.62. The van der Waals surface area contributed by atoms with Gasteiger partial charge in [-0.05, 0) is 60.8 Å². The molecule has 0 radical (unpaired) electrons. The number of carbonyl (C=O) groups is 1. The molecule has 0 spiro atoms. The molecule has 4 rings (SSSR count). The Morgan fingerprint density at radius 2 is 1.87 bits per heavy atom. The highest BCUT2D eigenvalue weighted by atomic mass is 35.5. The van der Waals surface area contributed by atoms with Crippen LogP contribution >= 0.6 is 46.8 Å². The minimum atomic E-state index is -0.391. The predicted molar refractivity (Wildman–Crippen MR) is 127 cm³/mol. The Balaban J connectivity index is 1.36. The molecule has 0 saturated carbocycles. The maximum atomic E-state index is 12.1. The van der Waals surface area contributed by atoms with Crippen LogP contribution in [0.3, 0.4) is 0 Å². The maximum Gasteiger partial charge on any atom is 0.250 e. The second kappa shape index (κ2) is 8.97. The number of thiocarbonyl (C=S) groups is 1. The summed E-state index contributed by atoms with van der Waals surface area (Å²) in [5.74, 6) is 0.700. The van der Waals surface area contributed by atoms with Gasteiger partial charge in [-0.3, -0.25) is 10.1 Å². The van der Waals surface area contributed by atoms with E-state index >= 15 is 0 Å². The fourth-order valence-electron chi connectivity index (χ4n) is 2.66. The molecule has 0 aliphatic heterocycles. The number of nitrogens with one attached hydrogen (secondary N) is 2. The fourth-order valence-corrected chi connectivity index (χ4v) is 4.32. The standard InChI is InChI=1S/C21H13Cl2N3O2S2/c22-13-9-12(10-14(23)11-13)17-7-5-15(28-17)6-8-19(27)25-20(29)26-21-24-16-3-1-2-4-18(16)30-21/h1-11H,(H2,24,25,26,27,29)/b8-6+. The molecule has 0 aliphatic rings. The smallest absolute Gasteiger partial charge is 0.250 e. The highest BCUT2D eigenvalue weighted by Gasteiger charge is 2.08. The van der Waals surface area contributed by atoms with E-state index in [1.54, 1.807) is 36.4 Å². The van der Waals surface area contributed by atoms with E-state index in [4.69, 9.17) is 39.8 Å². The van der Waals surface area contributed by atoms with Crippen LogP contribution in [0.5, 0.6) is 0 Å². The summed E-state index contributed by atoms with van der Waals surface area (Å²) in [6.45, 7) is 0. The average Bonchev–Trinajstić information content (AvgIpc) is 3.32. The lowest BCUT2D eigenvalue weighted by Gasteiger charge is -2.04. The van der Waals surface area contributed by atoms with Gasteiger partial charge >= 0.3 is 0 Å². The molecule has 0 bridgehead atoms. The molecule has 0 aliphatic carbocycles. The van der Waals surface area contributed by atoms with Gasteiger partial charge < -0.3 is 9.73 Å². The van der Waals surface area contributed by atoms with Crippen LogP contribution in [0.15, 0.2) is 65.1 Å². The first-order chi connectivity index (χ1) is 14.5. The Morgan fingerprint density at radius 1 is 1.10 bits per heavy atom. The van der Waals surface area contributed by atoms with Gasteiger partial charge in [-0.25, -0.2) is 4.98 Å². The number of rotatable bonds is 4. The third kappa shape index (κ3) is 5.06. The van der Waals surface area contributed by atoms with Crippen molar-refractivity contribution in [2.24, 2.45) is 0 Å². The number of fused-ring (bicyclic) bond motifs is 1. The summed E-state index contributed by atoms with van der Waals surface area (Å²) in [6.07, 6.45) is 2.88. The summed E-state index contributed by atoms with van der Waals surface area (Å²) in [6, 6.07) is 16.4. The Morgan fingerprint density at radius 3 is 2.63 bits per heavy atom. The molecule has 0 saturated heterocycles. The van der Waals surface area contributed by atoms with Gasteiger partial charge in [0, 0.05) is 21.7 Å². The number of para-hydroxylation sites is 1. The van der Waals surface area contributed by atoms with Crippen LogP contribution in [0, 0.1) is 0 Å². The normalized spacial score (nSPS) is 11.1. The number of nitrogens with zero attached hydrogens (tertiary/aromatic N) is 1. The van der Waals surface area contributed by atoms with E-state index in [2.05, 4.69) is 15.6 Å². The monoisotopic (exact) mass is 473 g/mol. The molecule has 4 aromatic rings. The van der Waals surface area contributed by atoms with Gasteiger partial charge in [0.25, 0.3) is 0 Å². The third-order valence-electron chi connectivity index (χ3n) is 3.92. The molecule has 2 aromatic heterocycles. The molecule has 9 heteroatoms. The van der Waals surface area contributed by atoms with Gasteiger partial charge in [0.2, 0.25) is 5.91 Å².